The number of fused-ring (bicyclic) bond motifs is 1. The fourth-order valence-corrected chi connectivity index (χ4v) is 4.67. The molecule has 0 saturated carbocycles. The highest BCUT2D eigenvalue weighted by atomic mass is 127. The summed E-state index contributed by atoms with van der Waals surface area (Å²) < 4.78 is 7.20. The molecule has 1 aliphatic heterocycles. The van der Waals surface area contributed by atoms with Crippen LogP contribution in [-0.2, 0) is 6.54 Å². The van der Waals surface area contributed by atoms with E-state index < -0.39 is 0 Å². The predicted octanol–water partition coefficient (Wildman–Crippen LogP) is 4.71. The van der Waals surface area contributed by atoms with Crippen molar-refractivity contribution < 1.29 is 4.42 Å². The zero-order chi connectivity index (χ0) is 20.1. The Morgan fingerprint density at radius 2 is 2.03 bits per heavy atom. The van der Waals surface area contributed by atoms with Crippen LogP contribution in [0.15, 0.2) is 45.8 Å². The number of aromatic nitrogens is 1. The number of likely N-dealkylation sites (tertiary alicyclic amines) is 1. The van der Waals surface area contributed by atoms with Gasteiger partial charge in [0.2, 0.25) is 0 Å². The average molecular weight is 539 g/mol. The minimum absolute atomic E-state index is 0. The van der Waals surface area contributed by atoms with Crippen LogP contribution < -0.4 is 10.6 Å². The van der Waals surface area contributed by atoms with Gasteiger partial charge in [0.1, 0.15) is 5.76 Å². The van der Waals surface area contributed by atoms with Crippen molar-refractivity contribution in [3.8, 4) is 10.8 Å². The van der Waals surface area contributed by atoms with Crippen LogP contribution >= 0.6 is 35.3 Å². The number of guanidine groups is 1. The smallest absolute Gasteiger partial charge is 0.191 e. The number of aliphatic imine (C=N–C) groups is 1. The number of benzene rings is 1. The minimum Gasteiger partial charge on any atom is -0.457 e. The Morgan fingerprint density at radius 3 is 2.77 bits per heavy atom. The van der Waals surface area contributed by atoms with Gasteiger partial charge in [-0.1, -0.05) is 19.1 Å². The molecule has 0 radical (unpaired) electrons. The molecule has 0 amide bonds. The van der Waals surface area contributed by atoms with Gasteiger partial charge in [0, 0.05) is 26.2 Å². The first-order valence-electron chi connectivity index (χ1n) is 10.4. The van der Waals surface area contributed by atoms with Crippen molar-refractivity contribution in [2.75, 3.05) is 26.7 Å². The average Bonchev–Trinajstić information content (AvgIpc) is 3.39. The first kappa shape index (κ1) is 23.0. The number of para-hydroxylation sites is 1. The summed E-state index contributed by atoms with van der Waals surface area (Å²) in [5.74, 6) is 2.52. The Bertz CT molecular complexity index is 928. The lowest BCUT2D eigenvalue weighted by atomic mass is 10.1. The molecular weight excluding hydrogens is 509 g/mol. The fraction of sp³-hybridized carbons (Fsp3) is 0.455. The molecule has 8 heteroatoms. The van der Waals surface area contributed by atoms with Gasteiger partial charge in [-0.3, -0.25) is 4.99 Å². The number of nitrogens with zero attached hydrogens (tertiary/aromatic N) is 3. The Hall–Kier alpha value is -1.65. The summed E-state index contributed by atoms with van der Waals surface area (Å²) in [6, 6.07) is 12.6. The van der Waals surface area contributed by atoms with Gasteiger partial charge in [0.05, 0.1) is 16.8 Å². The number of piperidine rings is 1. The minimum atomic E-state index is 0. The van der Waals surface area contributed by atoms with E-state index in [0.717, 1.165) is 53.9 Å². The molecule has 162 valence electrons. The molecule has 2 N–H and O–H groups in total. The molecule has 0 bridgehead atoms. The Balaban J connectivity index is 0.00000256. The molecular formula is C22H30IN5OS. The van der Waals surface area contributed by atoms with E-state index in [0.29, 0.717) is 12.6 Å². The first-order chi connectivity index (χ1) is 14.2. The van der Waals surface area contributed by atoms with E-state index in [1.165, 1.54) is 17.7 Å². The SMILES string of the molecule is CCCN1CCC(NC(=NC)NCc2ccc(-c3nc4ccccc4s3)o2)CC1.I. The van der Waals surface area contributed by atoms with Crippen LogP contribution in [0.2, 0.25) is 0 Å². The molecule has 1 saturated heterocycles. The van der Waals surface area contributed by atoms with Crippen LogP contribution in [0.1, 0.15) is 31.9 Å². The van der Waals surface area contributed by atoms with E-state index in [9.17, 15) is 0 Å². The maximum atomic E-state index is 6.02. The van der Waals surface area contributed by atoms with Crippen LogP contribution in [0, 0.1) is 0 Å². The third kappa shape index (κ3) is 5.73. The van der Waals surface area contributed by atoms with Crippen molar-refractivity contribution in [2.45, 2.75) is 38.8 Å². The highest BCUT2D eigenvalue weighted by Crippen LogP contribution is 2.31. The molecule has 1 aliphatic rings. The van der Waals surface area contributed by atoms with Crippen molar-refractivity contribution >= 4 is 51.5 Å². The largest absolute Gasteiger partial charge is 0.457 e. The third-order valence-corrected chi connectivity index (χ3v) is 6.34. The summed E-state index contributed by atoms with van der Waals surface area (Å²) in [7, 11) is 1.82. The van der Waals surface area contributed by atoms with Crippen molar-refractivity contribution in [1.29, 1.82) is 0 Å². The van der Waals surface area contributed by atoms with Gasteiger partial charge in [-0.15, -0.1) is 35.3 Å². The van der Waals surface area contributed by atoms with Crippen LogP contribution in [0.4, 0.5) is 0 Å². The highest BCUT2D eigenvalue weighted by Gasteiger charge is 2.19. The molecule has 1 aromatic carbocycles. The number of hydrogen-bond donors (Lipinski definition) is 2. The molecule has 2 aromatic heterocycles. The lowest BCUT2D eigenvalue weighted by molar-refractivity contribution is 0.206. The summed E-state index contributed by atoms with van der Waals surface area (Å²) in [5, 5.41) is 7.85. The van der Waals surface area contributed by atoms with Gasteiger partial charge >= 0.3 is 0 Å². The molecule has 30 heavy (non-hydrogen) atoms. The zero-order valence-electron chi connectivity index (χ0n) is 17.6. The quantitative estimate of drug-likeness (QED) is 0.270. The summed E-state index contributed by atoms with van der Waals surface area (Å²) in [5.41, 5.74) is 1.01. The number of hydrogen-bond acceptors (Lipinski definition) is 5. The van der Waals surface area contributed by atoms with Crippen molar-refractivity contribution in [3.63, 3.8) is 0 Å². The molecule has 0 spiro atoms. The van der Waals surface area contributed by atoms with Gasteiger partial charge in [-0.25, -0.2) is 4.98 Å². The van der Waals surface area contributed by atoms with Crippen LogP contribution in [-0.4, -0.2) is 48.6 Å². The van der Waals surface area contributed by atoms with Gasteiger partial charge < -0.3 is 20.0 Å². The van der Waals surface area contributed by atoms with Gasteiger partial charge in [-0.2, -0.15) is 0 Å². The Labute approximate surface area is 199 Å². The highest BCUT2D eigenvalue weighted by molar-refractivity contribution is 14.0. The number of rotatable bonds is 6. The number of nitrogens with one attached hydrogen (secondary N) is 2. The van der Waals surface area contributed by atoms with E-state index in [2.05, 4.69) is 38.5 Å². The lowest BCUT2D eigenvalue weighted by Gasteiger charge is -2.32. The molecule has 0 atom stereocenters. The van der Waals surface area contributed by atoms with Gasteiger partial charge in [0.25, 0.3) is 0 Å². The van der Waals surface area contributed by atoms with Crippen LogP contribution in [0.25, 0.3) is 21.0 Å². The zero-order valence-corrected chi connectivity index (χ0v) is 20.7. The molecule has 0 aliphatic carbocycles. The van der Waals surface area contributed by atoms with Crippen LogP contribution in [0.5, 0.6) is 0 Å². The van der Waals surface area contributed by atoms with E-state index in [1.807, 2.05) is 37.4 Å². The van der Waals surface area contributed by atoms with E-state index in [-0.39, 0.29) is 24.0 Å². The maximum Gasteiger partial charge on any atom is 0.191 e. The Kier molecular flexibility index (Phi) is 8.52. The van der Waals surface area contributed by atoms with E-state index >= 15 is 0 Å². The van der Waals surface area contributed by atoms with Crippen molar-refractivity contribution in [1.82, 2.24) is 20.5 Å². The number of halogens is 1. The first-order valence-corrected chi connectivity index (χ1v) is 11.2. The normalized spacial score (nSPS) is 15.9. The number of furan rings is 1. The fourth-order valence-electron chi connectivity index (χ4n) is 3.74. The topological polar surface area (TPSA) is 65.7 Å². The maximum absolute atomic E-state index is 6.02. The predicted molar refractivity (Wildman–Crippen MR) is 136 cm³/mol. The monoisotopic (exact) mass is 539 g/mol. The Morgan fingerprint density at radius 1 is 1.23 bits per heavy atom. The van der Waals surface area contributed by atoms with Crippen molar-refractivity contribution in [2.24, 2.45) is 4.99 Å². The molecule has 6 nitrogen and oxygen atoms in total. The summed E-state index contributed by atoms with van der Waals surface area (Å²) in [4.78, 5) is 11.6. The summed E-state index contributed by atoms with van der Waals surface area (Å²) in [6.45, 7) is 6.36. The van der Waals surface area contributed by atoms with Crippen molar-refractivity contribution in [3.05, 3.63) is 42.2 Å². The summed E-state index contributed by atoms with van der Waals surface area (Å²) >= 11 is 1.65. The molecule has 3 aromatic rings. The second-order valence-electron chi connectivity index (χ2n) is 7.44. The summed E-state index contributed by atoms with van der Waals surface area (Å²) in [6.07, 6.45) is 3.54. The molecule has 4 rings (SSSR count). The molecule has 0 unspecified atom stereocenters. The second kappa shape index (κ2) is 11.1. The van der Waals surface area contributed by atoms with Gasteiger partial charge in [0.15, 0.2) is 16.7 Å². The standard InChI is InChI=1S/C22H29N5OS.HI/c1-3-12-27-13-10-16(11-14-27)25-22(23-2)24-15-17-8-9-19(28-17)21-26-18-6-4-5-7-20(18)29-21;/h4-9,16H,3,10-15H2,1-2H3,(H2,23,24,25);1H. The molecule has 1 fully saturated rings. The lowest BCUT2D eigenvalue weighted by Crippen LogP contribution is -2.48. The molecule has 3 heterocycles. The van der Waals surface area contributed by atoms with Crippen LogP contribution in [0.3, 0.4) is 0 Å². The van der Waals surface area contributed by atoms with E-state index in [4.69, 9.17) is 4.42 Å². The van der Waals surface area contributed by atoms with E-state index in [1.54, 1.807) is 11.3 Å². The second-order valence-corrected chi connectivity index (χ2v) is 8.47. The number of thiazole rings is 1. The third-order valence-electron chi connectivity index (χ3n) is 5.29. The van der Waals surface area contributed by atoms with Gasteiger partial charge in [-0.05, 0) is 50.1 Å².